The molecule has 8 atom stereocenters. The zero-order valence-corrected chi connectivity index (χ0v) is 26.8. The van der Waals surface area contributed by atoms with Gasteiger partial charge >= 0.3 is 0 Å². The number of hydrogen-bond acceptors (Lipinski definition) is 6. The normalized spacial score (nSPS) is 32.3. The number of nitrogens with two attached hydrogens (primary N) is 1. The van der Waals surface area contributed by atoms with Gasteiger partial charge in [0.25, 0.3) is 0 Å². The standard InChI is InChI=1S/C32H51ClN4O4S/c1-22(8-13-28-20-35-27-6-4-18-42(39,40)37(28)21-27)19-25-5-2-3-7-29(25)36-32(38)31(34)30(24-14-16-41-17-15-24)23-9-11-26(33)12-10-23/h9-12,22,24-25,27-31,35H,2-8,13-21,34H2,1H3,(H,36,38). The summed E-state index contributed by atoms with van der Waals surface area (Å²) in [4.78, 5) is 13.7. The Kier molecular flexibility index (Phi) is 11.3. The minimum atomic E-state index is -3.16. The molecule has 1 aliphatic carbocycles. The van der Waals surface area contributed by atoms with Crippen molar-refractivity contribution in [1.82, 2.24) is 14.9 Å². The van der Waals surface area contributed by atoms with Crippen LogP contribution in [-0.2, 0) is 19.6 Å². The van der Waals surface area contributed by atoms with E-state index in [1.54, 1.807) is 4.31 Å². The van der Waals surface area contributed by atoms with Crippen LogP contribution >= 0.6 is 11.6 Å². The van der Waals surface area contributed by atoms with Crippen molar-refractivity contribution >= 4 is 27.5 Å². The van der Waals surface area contributed by atoms with E-state index < -0.39 is 16.1 Å². The van der Waals surface area contributed by atoms with Crippen LogP contribution in [-0.4, -0.2) is 74.9 Å². The second-order valence-corrected chi connectivity index (χ2v) is 15.9. The molecule has 4 aliphatic rings. The van der Waals surface area contributed by atoms with Gasteiger partial charge in [-0.15, -0.1) is 0 Å². The highest BCUT2D eigenvalue weighted by Gasteiger charge is 2.39. The molecule has 10 heteroatoms. The highest BCUT2D eigenvalue weighted by atomic mass is 35.5. The van der Waals surface area contributed by atoms with Gasteiger partial charge < -0.3 is 21.1 Å². The Morgan fingerprint density at radius 3 is 2.62 bits per heavy atom. The molecule has 8 unspecified atom stereocenters. The fourth-order valence-electron chi connectivity index (χ4n) is 8.01. The van der Waals surface area contributed by atoms with E-state index in [1.165, 1.54) is 6.42 Å². The number of nitrogens with one attached hydrogen (secondary N) is 2. The molecule has 4 fully saturated rings. The molecule has 236 valence electrons. The number of fused-ring (bicyclic) bond motifs is 2. The van der Waals surface area contributed by atoms with Crippen molar-refractivity contribution in [3.8, 4) is 0 Å². The first kappa shape index (κ1) is 32.2. The molecule has 3 saturated heterocycles. The van der Waals surface area contributed by atoms with E-state index in [0.717, 1.165) is 76.3 Å². The molecule has 1 aromatic rings. The van der Waals surface area contributed by atoms with E-state index in [1.807, 2.05) is 24.3 Å². The van der Waals surface area contributed by atoms with Crippen LogP contribution in [0.4, 0.5) is 0 Å². The average Bonchev–Trinajstić information content (AvgIpc) is 3.10. The number of ether oxygens (including phenoxy) is 1. The molecule has 1 saturated carbocycles. The zero-order chi connectivity index (χ0) is 29.7. The Morgan fingerprint density at radius 1 is 1.12 bits per heavy atom. The van der Waals surface area contributed by atoms with E-state index in [-0.39, 0.29) is 29.7 Å². The number of carbonyl (C=O) groups excluding carboxylic acids is 1. The predicted molar refractivity (Wildman–Crippen MR) is 168 cm³/mol. The van der Waals surface area contributed by atoms with Crippen LogP contribution in [0.25, 0.3) is 0 Å². The third kappa shape index (κ3) is 8.07. The second-order valence-electron chi connectivity index (χ2n) is 13.4. The number of amides is 1. The molecule has 0 aromatic heterocycles. The number of hydrogen-bond donors (Lipinski definition) is 3. The molecule has 0 radical (unpaired) electrons. The van der Waals surface area contributed by atoms with Gasteiger partial charge in [-0.2, -0.15) is 4.31 Å². The lowest BCUT2D eigenvalue weighted by atomic mass is 9.75. The van der Waals surface area contributed by atoms with Crippen molar-refractivity contribution in [2.45, 2.75) is 108 Å². The Balaban J connectivity index is 1.18. The summed E-state index contributed by atoms with van der Waals surface area (Å²) in [5.41, 5.74) is 7.85. The molecule has 0 spiro atoms. The molecule has 5 rings (SSSR count). The third-order valence-corrected chi connectivity index (χ3v) is 12.6. The van der Waals surface area contributed by atoms with Crippen LogP contribution in [0.3, 0.4) is 0 Å². The van der Waals surface area contributed by atoms with Gasteiger partial charge in [-0.1, -0.05) is 43.5 Å². The monoisotopic (exact) mass is 622 g/mol. The van der Waals surface area contributed by atoms with Crippen LogP contribution in [0.2, 0.25) is 5.02 Å². The van der Waals surface area contributed by atoms with Gasteiger partial charge in [0.2, 0.25) is 15.9 Å². The van der Waals surface area contributed by atoms with E-state index >= 15 is 0 Å². The first-order valence-electron chi connectivity index (χ1n) is 16.3. The fourth-order valence-corrected chi connectivity index (χ4v) is 9.94. The van der Waals surface area contributed by atoms with Gasteiger partial charge in [0.05, 0.1) is 11.8 Å². The van der Waals surface area contributed by atoms with Crippen LogP contribution < -0.4 is 16.4 Å². The highest BCUT2D eigenvalue weighted by molar-refractivity contribution is 7.89. The predicted octanol–water partition coefficient (Wildman–Crippen LogP) is 4.42. The smallest absolute Gasteiger partial charge is 0.237 e. The Hall–Kier alpha value is -1.23. The number of halogens is 1. The summed E-state index contributed by atoms with van der Waals surface area (Å²) in [6, 6.07) is 7.63. The lowest BCUT2D eigenvalue weighted by molar-refractivity contribution is -0.124. The Labute approximate surface area is 257 Å². The summed E-state index contributed by atoms with van der Waals surface area (Å²) < 4.78 is 33.2. The van der Waals surface area contributed by atoms with Crippen molar-refractivity contribution in [3.05, 3.63) is 34.9 Å². The minimum absolute atomic E-state index is 0.0432. The van der Waals surface area contributed by atoms with Crippen LogP contribution in [0.15, 0.2) is 24.3 Å². The largest absolute Gasteiger partial charge is 0.381 e. The van der Waals surface area contributed by atoms with E-state index in [4.69, 9.17) is 22.1 Å². The van der Waals surface area contributed by atoms with Crippen molar-refractivity contribution in [1.29, 1.82) is 0 Å². The average molecular weight is 623 g/mol. The fraction of sp³-hybridized carbons (Fsp3) is 0.781. The molecule has 2 bridgehead atoms. The number of sulfonamides is 1. The molecule has 42 heavy (non-hydrogen) atoms. The van der Waals surface area contributed by atoms with Crippen molar-refractivity contribution in [2.24, 2.45) is 23.5 Å². The van der Waals surface area contributed by atoms with Crippen molar-refractivity contribution in [2.75, 3.05) is 32.1 Å². The van der Waals surface area contributed by atoms with E-state index in [0.29, 0.717) is 48.6 Å². The summed E-state index contributed by atoms with van der Waals surface area (Å²) in [5.74, 6) is 1.30. The first-order valence-corrected chi connectivity index (χ1v) is 18.3. The Morgan fingerprint density at radius 2 is 1.86 bits per heavy atom. The summed E-state index contributed by atoms with van der Waals surface area (Å²) in [6.07, 6.45) is 10.8. The third-order valence-electron chi connectivity index (χ3n) is 10.4. The molecule has 1 amide bonds. The maximum Gasteiger partial charge on any atom is 0.237 e. The van der Waals surface area contributed by atoms with Crippen LogP contribution in [0.5, 0.6) is 0 Å². The van der Waals surface area contributed by atoms with Gasteiger partial charge in [0, 0.05) is 55.4 Å². The number of nitrogens with zero attached hydrogens (tertiary/aromatic N) is 1. The summed E-state index contributed by atoms with van der Waals surface area (Å²) in [7, 11) is -3.16. The quantitative estimate of drug-likeness (QED) is 0.356. The van der Waals surface area contributed by atoms with Gasteiger partial charge in [-0.25, -0.2) is 8.42 Å². The highest BCUT2D eigenvalue weighted by Crippen LogP contribution is 2.36. The molecule has 4 N–H and O–H groups in total. The number of benzene rings is 1. The number of carbonyl (C=O) groups is 1. The maximum absolute atomic E-state index is 13.7. The van der Waals surface area contributed by atoms with Crippen LogP contribution in [0, 0.1) is 17.8 Å². The number of piperazine rings is 1. The zero-order valence-electron chi connectivity index (χ0n) is 25.2. The summed E-state index contributed by atoms with van der Waals surface area (Å²) in [5, 5.41) is 7.68. The summed E-state index contributed by atoms with van der Waals surface area (Å²) >= 11 is 6.18. The molecular weight excluding hydrogens is 572 g/mol. The molecule has 3 aliphatic heterocycles. The first-order chi connectivity index (χ1) is 20.2. The van der Waals surface area contributed by atoms with E-state index in [9.17, 15) is 13.2 Å². The van der Waals surface area contributed by atoms with Crippen molar-refractivity contribution in [3.63, 3.8) is 0 Å². The maximum atomic E-state index is 13.7. The molecule has 1 aromatic carbocycles. The van der Waals surface area contributed by atoms with Gasteiger partial charge in [0.1, 0.15) is 0 Å². The topological polar surface area (TPSA) is 114 Å². The molecular formula is C32H51ClN4O4S. The second kappa shape index (κ2) is 14.7. The van der Waals surface area contributed by atoms with Crippen molar-refractivity contribution < 1.29 is 17.9 Å². The molecule has 8 nitrogen and oxygen atoms in total. The Bertz CT molecular complexity index is 1130. The summed E-state index contributed by atoms with van der Waals surface area (Å²) in [6.45, 7) is 5.05. The van der Waals surface area contributed by atoms with Gasteiger partial charge in [0.15, 0.2) is 0 Å². The van der Waals surface area contributed by atoms with Gasteiger partial charge in [-0.05, 0) is 93.2 Å². The molecule has 3 heterocycles. The van der Waals surface area contributed by atoms with Gasteiger partial charge in [-0.3, -0.25) is 4.79 Å². The lowest BCUT2D eigenvalue weighted by Gasteiger charge is -2.39. The lowest BCUT2D eigenvalue weighted by Crippen LogP contribution is -2.57. The van der Waals surface area contributed by atoms with Crippen LogP contribution in [0.1, 0.15) is 89.0 Å². The minimum Gasteiger partial charge on any atom is -0.381 e. The van der Waals surface area contributed by atoms with E-state index in [2.05, 4.69) is 17.6 Å². The SMILES string of the molecule is CC(CCC1CNC2CCCS(=O)(=O)N1C2)CC1CCCCC1NC(=O)C(N)C(c1ccc(Cl)cc1)C1CCOCC1. The number of rotatable bonds is 10.